The highest BCUT2D eigenvalue weighted by atomic mass is 16.1. The smallest absolute Gasteiger partial charge is 0.250 e. The quantitative estimate of drug-likeness (QED) is 0.907. The zero-order valence-electron chi connectivity index (χ0n) is 13.8. The minimum atomic E-state index is 0.158. The SMILES string of the molecule is CN(C)c1ccc(-c2ccc(=O)n3c2[C@H]2C[NH2+]C[C@H](C2)C3)cc1. The molecule has 0 saturated carbocycles. The van der Waals surface area contributed by atoms with Crippen LogP contribution in [0.5, 0.6) is 0 Å². The predicted molar refractivity (Wildman–Crippen MR) is 93.0 cm³/mol. The molecule has 4 heteroatoms. The molecule has 3 heterocycles. The lowest BCUT2D eigenvalue weighted by Crippen LogP contribution is -2.89. The van der Waals surface area contributed by atoms with Gasteiger partial charge in [0, 0.05) is 55.5 Å². The lowest BCUT2D eigenvalue weighted by atomic mass is 9.81. The lowest BCUT2D eigenvalue weighted by Gasteiger charge is -2.36. The Labute approximate surface area is 136 Å². The molecule has 0 radical (unpaired) electrons. The number of piperidine rings is 1. The molecule has 1 aromatic heterocycles. The number of benzene rings is 1. The van der Waals surface area contributed by atoms with E-state index in [0.717, 1.165) is 19.6 Å². The van der Waals surface area contributed by atoms with Crippen molar-refractivity contribution in [3.63, 3.8) is 0 Å². The van der Waals surface area contributed by atoms with Gasteiger partial charge in [0.15, 0.2) is 0 Å². The maximum Gasteiger partial charge on any atom is 0.250 e. The second-order valence-corrected chi connectivity index (χ2v) is 7.08. The molecule has 2 N–H and O–H groups in total. The highest BCUT2D eigenvalue weighted by molar-refractivity contribution is 5.69. The van der Waals surface area contributed by atoms with E-state index in [9.17, 15) is 4.79 Å². The molecule has 2 atom stereocenters. The Morgan fingerprint density at radius 1 is 1.09 bits per heavy atom. The first-order chi connectivity index (χ1) is 11.1. The molecule has 0 aliphatic carbocycles. The third-order valence-corrected chi connectivity index (χ3v) is 5.32. The van der Waals surface area contributed by atoms with E-state index in [2.05, 4.69) is 48.6 Å². The van der Waals surface area contributed by atoms with E-state index in [1.807, 2.05) is 10.6 Å². The van der Waals surface area contributed by atoms with Gasteiger partial charge in [0.2, 0.25) is 0 Å². The summed E-state index contributed by atoms with van der Waals surface area (Å²) in [5, 5.41) is 2.42. The average molecular weight is 310 g/mol. The van der Waals surface area contributed by atoms with Crippen LogP contribution in [0.25, 0.3) is 11.1 Å². The molecule has 2 aliphatic heterocycles. The Balaban J connectivity index is 1.84. The number of rotatable bonds is 2. The molecule has 2 bridgehead atoms. The second kappa shape index (κ2) is 5.53. The Kier molecular flexibility index (Phi) is 3.49. The molecule has 1 fully saturated rings. The summed E-state index contributed by atoms with van der Waals surface area (Å²) in [6, 6.07) is 12.4. The topological polar surface area (TPSA) is 41.9 Å². The van der Waals surface area contributed by atoms with Gasteiger partial charge < -0.3 is 14.8 Å². The fourth-order valence-electron chi connectivity index (χ4n) is 4.16. The number of aromatic nitrogens is 1. The summed E-state index contributed by atoms with van der Waals surface area (Å²) in [5.74, 6) is 1.14. The van der Waals surface area contributed by atoms with Crippen molar-refractivity contribution in [3.8, 4) is 11.1 Å². The van der Waals surface area contributed by atoms with Gasteiger partial charge in [-0.25, -0.2) is 0 Å². The van der Waals surface area contributed by atoms with Crippen molar-refractivity contribution in [2.75, 3.05) is 32.1 Å². The molecule has 0 amide bonds. The van der Waals surface area contributed by atoms with Gasteiger partial charge in [0.25, 0.3) is 5.56 Å². The minimum Gasteiger partial charge on any atom is -0.378 e. The van der Waals surface area contributed by atoms with E-state index in [1.165, 1.54) is 28.9 Å². The van der Waals surface area contributed by atoms with Crippen LogP contribution in [0.1, 0.15) is 18.0 Å². The van der Waals surface area contributed by atoms with Crippen molar-refractivity contribution in [1.29, 1.82) is 0 Å². The van der Waals surface area contributed by atoms with Gasteiger partial charge in [0.1, 0.15) is 0 Å². The molecular weight excluding hydrogens is 286 g/mol. The first-order valence-corrected chi connectivity index (χ1v) is 8.46. The molecule has 0 spiro atoms. The summed E-state index contributed by atoms with van der Waals surface area (Å²) in [7, 11) is 4.11. The summed E-state index contributed by atoms with van der Waals surface area (Å²) >= 11 is 0. The third-order valence-electron chi connectivity index (χ3n) is 5.32. The molecule has 23 heavy (non-hydrogen) atoms. The zero-order chi connectivity index (χ0) is 16.0. The lowest BCUT2D eigenvalue weighted by molar-refractivity contribution is -0.673. The van der Waals surface area contributed by atoms with Gasteiger partial charge in [-0.1, -0.05) is 12.1 Å². The zero-order valence-corrected chi connectivity index (χ0v) is 13.8. The van der Waals surface area contributed by atoms with Crippen LogP contribution in [-0.4, -0.2) is 31.8 Å². The maximum absolute atomic E-state index is 12.4. The largest absolute Gasteiger partial charge is 0.378 e. The summed E-state index contributed by atoms with van der Waals surface area (Å²) in [5.41, 5.74) is 5.05. The fourth-order valence-corrected chi connectivity index (χ4v) is 4.16. The number of hydrogen-bond acceptors (Lipinski definition) is 2. The van der Waals surface area contributed by atoms with Crippen molar-refractivity contribution >= 4 is 5.69 Å². The molecule has 2 aromatic rings. The molecule has 120 valence electrons. The van der Waals surface area contributed by atoms with E-state index in [0.29, 0.717) is 11.8 Å². The summed E-state index contributed by atoms with van der Waals surface area (Å²) in [6.07, 6.45) is 1.22. The van der Waals surface area contributed by atoms with Gasteiger partial charge in [-0.15, -0.1) is 0 Å². The van der Waals surface area contributed by atoms with Crippen molar-refractivity contribution in [3.05, 3.63) is 52.4 Å². The normalized spacial score (nSPS) is 22.5. The van der Waals surface area contributed by atoms with Gasteiger partial charge >= 0.3 is 0 Å². The summed E-state index contributed by atoms with van der Waals surface area (Å²) in [6.45, 7) is 3.14. The van der Waals surface area contributed by atoms with E-state index in [-0.39, 0.29) is 5.56 Å². The first-order valence-electron chi connectivity index (χ1n) is 8.46. The van der Waals surface area contributed by atoms with Gasteiger partial charge in [-0.2, -0.15) is 0 Å². The van der Waals surface area contributed by atoms with Crippen LogP contribution in [0.3, 0.4) is 0 Å². The number of nitrogens with zero attached hydrogens (tertiary/aromatic N) is 2. The second-order valence-electron chi connectivity index (χ2n) is 7.08. The molecule has 0 unspecified atom stereocenters. The van der Waals surface area contributed by atoms with E-state index in [4.69, 9.17) is 0 Å². The molecular formula is C19H24N3O+. The standard InChI is InChI=1S/C19H23N3O/c1-21(2)16-5-3-14(4-6-16)17-7-8-18(23)22-12-13-9-15(19(17)22)11-20-10-13/h3-8,13,15,20H,9-12H2,1-2H3/p+1/t13-,15+/m0/s1. The molecule has 1 aromatic carbocycles. The minimum absolute atomic E-state index is 0.158. The van der Waals surface area contributed by atoms with Crippen LogP contribution in [0.15, 0.2) is 41.2 Å². The number of nitrogens with two attached hydrogens (primary N) is 1. The number of anilines is 1. The Morgan fingerprint density at radius 3 is 2.61 bits per heavy atom. The van der Waals surface area contributed by atoms with Crippen LogP contribution in [0, 0.1) is 5.92 Å². The fraction of sp³-hybridized carbons (Fsp3) is 0.421. The van der Waals surface area contributed by atoms with E-state index in [1.54, 1.807) is 6.07 Å². The van der Waals surface area contributed by atoms with Gasteiger partial charge in [-0.3, -0.25) is 4.79 Å². The van der Waals surface area contributed by atoms with Crippen LogP contribution in [-0.2, 0) is 6.54 Å². The monoisotopic (exact) mass is 310 g/mol. The van der Waals surface area contributed by atoms with Gasteiger partial charge in [-0.05, 0) is 30.2 Å². The number of pyridine rings is 1. The number of fused-ring (bicyclic) bond motifs is 4. The van der Waals surface area contributed by atoms with Crippen molar-refractivity contribution < 1.29 is 5.32 Å². The molecule has 4 rings (SSSR count). The Hall–Kier alpha value is -2.07. The maximum atomic E-state index is 12.4. The van der Waals surface area contributed by atoms with E-state index >= 15 is 0 Å². The summed E-state index contributed by atoms with van der Waals surface area (Å²) in [4.78, 5) is 14.5. The average Bonchev–Trinajstić information content (AvgIpc) is 2.56. The van der Waals surface area contributed by atoms with E-state index < -0.39 is 0 Å². The number of quaternary nitrogens is 1. The Bertz CT molecular complexity index is 776. The summed E-state index contributed by atoms with van der Waals surface area (Å²) < 4.78 is 2.04. The van der Waals surface area contributed by atoms with Crippen molar-refractivity contribution in [1.82, 2.24) is 4.57 Å². The predicted octanol–water partition coefficient (Wildman–Crippen LogP) is 1.26. The molecule has 4 nitrogen and oxygen atoms in total. The Morgan fingerprint density at radius 2 is 1.87 bits per heavy atom. The van der Waals surface area contributed by atoms with Crippen LogP contribution in [0.2, 0.25) is 0 Å². The van der Waals surface area contributed by atoms with Crippen LogP contribution >= 0.6 is 0 Å². The molecule has 2 aliphatic rings. The first kappa shape index (κ1) is 14.5. The van der Waals surface area contributed by atoms with Gasteiger partial charge in [0.05, 0.1) is 13.1 Å². The highest BCUT2D eigenvalue weighted by Gasteiger charge is 2.35. The van der Waals surface area contributed by atoms with Crippen LogP contribution in [0.4, 0.5) is 5.69 Å². The highest BCUT2D eigenvalue weighted by Crippen LogP contribution is 2.36. The number of hydrogen-bond donors (Lipinski definition) is 1. The molecule has 1 saturated heterocycles. The van der Waals surface area contributed by atoms with Crippen molar-refractivity contribution in [2.24, 2.45) is 5.92 Å². The van der Waals surface area contributed by atoms with Crippen LogP contribution < -0.4 is 15.8 Å². The third kappa shape index (κ3) is 2.47. The van der Waals surface area contributed by atoms with Crippen molar-refractivity contribution in [2.45, 2.75) is 18.9 Å².